The number of nitrogens with zero attached hydrogens (tertiary/aromatic N) is 5. The Kier molecular flexibility index (Phi) is 3.33. The number of hydrogen-bond donors (Lipinski definition) is 1. The van der Waals surface area contributed by atoms with Gasteiger partial charge in [-0.25, -0.2) is 9.67 Å². The second-order valence-electron chi connectivity index (χ2n) is 6.83. The number of fused-ring (bicyclic) bond motifs is 2. The molecule has 0 aliphatic carbocycles. The molecule has 0 bridgehead atoms. The number of hydrogen-bond acceptors (Lipinski definition) is 4. The molecule has 5 aromatic rings. The van der Waals surface area contributed by atoms with Gasteiger partial charge in [0.05, 0.1) is 5.52 Å². The second kappa shape index (κ2) is 5.74. The molecule has 0 aliphatic heterocycles. The Balaban J connectivity index is 1.72. The minimum absolute atomic E-state index is 0.871. The van der Waals surface area contributed by atoms with Gasteiger partial charge in [-0.15, -0.1) is 5.10 Å². The Morgan fingerprint density at radius 2 is 1.89 bits per heavy atom. The topological polar surface area (TPSA) is 72.3 Å². The van der Waals surface area contributed by atoms with Crippen LogP contribution in [0.25, 0.3) is 44.3 Å². The maximum atomic E-state index is 4.64. The summed E-state index contributed by atoms with van der Waals surface area (Å²) in [6.07, 6.45) is 5.77. The van der Waals surface area contributed by atoms with E-state index in [2.05, 4.69) is 50.4 Å². The van der Waals surface area contributed by atoms with Gasteiger partial charge in [0.15, 0.2) is 0 Å². The lowest BCUT2D eigenvalue weighted by molar-refractivity contribution is 0.736. The van der Waals surface area contributed by atoms with Crippen molar-refractivity contribution in [2.75, 3.05) is 0 Å². The Morgan fingerprint density at radius 3 is 2.74 bits per heavy atom. The van der Waals surface area contributed by atoms with Crippen LogP contribution in [-0.2, 0) is 7.05 Å². The molecular weight excluding hydrogens is 336 g/mol. The van der Waals surface area contributed by atoms with E-state index in [0.717, 1.165) is 50.0 Å². The molecule has 6 heteroatoms. The molecule has 0 amide bonds. The third-order valence-electron chi connectivity index (χ3n) is 5.09. The Bertz CT molecular complexity index is 1290. The van der Waals surface area contributed by atoms with Gasteiger partial charge >= 0.3 is 0 Å². The van der Waals surface area contributed by atoms with E-state index in [4.69, 9.17) is 0 Å². The van der Waals surface area contributed by atoms with Gasteiger partial charge in [-0.3, -0.25) is 4.98 Å². The number of aryl methyl sites for hydroxylation is 3. The highest BCUT2D eigenvalue weighted by Gasteiger charge is 2.13. The predicted octanol–water partition coefficient (Wildman–Crippen LogP) is 4.19. The molecule has 0 spiro atoms. The summed E-state index contributed by atoms with van der Waals surface area (Å²) in [5, 5.41) is 9.34. The summed E-state index contributed by atoms with van der Waals surface area (Å²) in [6.45, 7) is 4.14. The van der Waals surface area contributed by atoms with Gasteiger partial charge in [0, 0.05) is 53.4 Å². The predicted molar refractivity (Wildman–Crippen MR) is 106 cm³/mol. The molecule has 0 aliphatic rings. The first kappa shape index (κ1) is 15.7. The van der Waals surface area contributed by atoms with Gasteiger partial charge in [-0.05, 0) is 49.2 Å². The molecule has 4 heterocycles. The van der Waals surface area contributed by atoms with Gasteiger partial charge in [0.2, 0.25) is 0 Å². The molecule has 0 atom stereocenters. The number of H-pyrrole nitrogens is 1. The Labute approximate surface area is 155 Å². The zero-order valence-electron chi connectivity index (χ0n) is 15.4. The molecule has 0 saturated carbocycles. The summed E-state index contributed by atoms with van der Waals surface area (Å²) in [5.74, 6) is 0. The number of rotatable bonds is 2. The van der Waals surface area contributed by atoms with Gasteiger partial charge in [0.25, 0.3) is 0 Å². The lowest BCUT2D eigenvalue weighted by atomic mass is 9.98. The third-order valence-corrected chi connectivity index (χ3v) is 5.09. The van der Waals surface area contributed by atoms with E-state index in [-0.39, 0.29) is 0 Å². The van der Waals surface area contributed by atoms with Crippen LogP contribution in [0.5, 0.6) is 0 Å². The van der Waals surface area contributed by atoms with Crippen molar-refractivity contribution in [3.05, 3.63) is 60.2 Å². The third kappa shape index (κ3) is 2.41. The van der Waals surface area contributed by atoms with Crippen molar-refractivity contribution in [2.45, 2.75) is 13.8 Å². The summed E-state index contributed by atoms with van der Waals surface area (Å²) in [6, 6.07) is 10.4. The molecule has 1 aromatic carbocycles. The average molecular weight is 354 g/mol. The number of aromatic amines is 1. The fourth-order valence-electron chi connectivity index (χ4n) is 3.71. The van der Waals surface area contributed by atoms with Crippen LogP contribution in [-0.4, -0.2) is 29.9 Å². The molecule has 5 rings (SSSR count). The quantitative estimate of drug-likeness (QED) is 0.516. The van der Waals surface area contributed by atoms with Crippen LogP contribution in [0.3, 0.4) is 0 Å². The largest absolute Gasteiger partial charge is 0.346 e. The second-order valence-corrected chi connectivity index (χ2v) is 6.83. The summed E-state index contributed by atoms with van der Waals surface area (Å²) in [4.78, 5) is 12.4. The number of nitrogens with one attached hydrogen (secondary N) is 1. The molecule has 0 radical (unpaired) electrons. The lowest BCUT2D eigenvalue weighted by Gasteiger charge is -2.09. The molecule has 1 N–H and O–H groups in total. The molecule has 0 fully saturated rings. The summed E-state index contributed by atoms with van der Waals surface area (Å²) < 4.78 is 1.79. The SMILES string of the molecule is Cc1ccnc(C)c1-c1cnc2[nH]cc(-c3ccc4nnn(C)c4c3)c2c1. The molecule has 0 unspecified atom stereocenters. The number of aromatic nitrogens is 6. The van der Waals surface area contributed by atoms with Crippen LogP contribution in [0.15, 0.2) is 48.9 Å². The van der Waals surface area contributed by atoms with E-state index < -0.39 is 0 Å². The maximum absolute atomic E-state index is 4.64. The molecule has 4 aromatic heterocycles. The van der Waals surface area contributed by atoms with Crippen molar-refractivity contribution in [3.8, 4) is 22.3 Å². The van der Waals surface area contributed by atoms with E-state index in [1.807, 2.05) is 44.7 Å². The average Bonchev–Trinajstić information content (AvgIpc) is 3.25. The molecule has 6 nitrogen and oxygen atoms in total. The highest BCUT2D eigenvalue weighted by molar-refractivity contribution is 5.97. The van der Waals surface area contributed by atoms with Gasteiger partial charge in [-0.2, -0.15) is 0 Å². The maximum Gasteiger partial charge on any atom is 0.137 e. The zero-order chi connectivity index (χ0) is 18.5. The van der Waals surface area contributed by atoms with Crippen molar-refractivity contribution in [3.63, 3.8) is 0 Å². The normalized spacial score (nSPS) is 11.5. The minimum atomic E-state index is 0.871. The number of pyridine rings is 2. The first-order chi connectivity index (χ1) is 13.1. The highest BCUT2D eigenvalue weighted by atomic mass is 15.4. The van der Waals surface area contributed by atoms with E-state index >= 15 is 0 Å². The number of benzene rings is 1. The molecule has 27 heavy (non-hydrogen) atoms. The molecular formula is C21H18N6. The van der Waals surface area contributed by atoms with Crippen molar-refractivity contribution >= 4 is 22.1 Å². The minimum Gasteiger partial charge on any atom is -0.346 e. The molecule has 0 saturated heterocycles. The van der Waals surface area contributed by atoms with Gasteiger partial charge in [-0.1, -0.05) is 11.3 Å². The van der Waals surface area contributed by atoms with Gasteiger partial charge in [0.1, 0.15) is 11.2 Å². The van der Waals surface area contributed by atoms with Gasteiger partial charge < -0.3 is 4.98 Å². The molecule has 132 valence electrons. The van der Waals surface area contributed by atoms with Crippen LogP contribution >= 0.6 is 0 Å². The van der Waals surface area contributed by atoms with Crippen molar-refractivity contribution < 1.29 is 0 Å². The monoisotopic (exact) mass is 354 g/mol. The summed E-state index contributed by atoms with van der Waals surface area (Å²) >= 11 is 0. The van der Waals surface area contributed by atoms with E-state index in [0.29, 0.717) is 0 Å². The Hall–Kier alpha value is -3.54. The zero-order valence-corrected chi connectivity index (χ0v) is 15.4. The highest BCUT2D eigenvalue weighted by Crippen LogP contribution is 2.33. The smallest absolute Gasteiger partial charge is 0.137 e. The van der Waals surface area contributed by atoms with Crippen LogP contribution < -0.4 is 0 Å². The van der Waals surface area contributed by atoms with Crippen molar-refractivity contribution in [1.82, 2.24) is 29.9 Å². The summed E-state index contributed by atoms with van der Waals surface area (Å²) in [7, 11) is 1.90. The fraction of sp³-hybridized carbons (Fsp3) is 0.143. The first-order valence-electron chi connectivity index (χ1n) is 8.81. The van der Waals surface area contributed by atoms with Crippen LogP contribution in [0, 0.1) is 13.8 Å². The first-order valence-corrected chi connectivity index (χ1v) is 8.81. The van der Waals surface area contributed by atoms with Crippen LogP contribution in [0.1, 0.15) is 11.3 Å². The summed E-state index contributed by atoms with van der Waals surface area (Å²) in [5.41, 5.74) is 9.42. The van der Waals surface area contributed by atoms with E-state index in [1.165, 1.54) is 5.56 Å². The van der Waals surface area contributed by atoms with E-state index in [1.54, 1.807) is 4.68 Å². The van der Waals surface area contributed by atoms with E-state index in [9.17, 15) is 0 Å². The fourth-order valence-corrected chi connectivity index (χ4v) is 3.71. The van der Waals surface area contributed by atoms with Crippen LogP contribution in [0.4, 0.5) is 0 Å². The van der Waals surface area contributed by atoms with Crippen LogP contribution in [0.2, 0.25) is 0 Å². The standard InChI is InChI=1S/C21H18N6/c1-12-6-7-22-13(2)20(12)15-8-16-17(11-24-21(16)23-10-15)14-4-5-18-19(9-14)27(3)26-25-18/h4-11H,1-3H3,(H,23,24). The lowest BCUT2D eigenvalue weighted by Crippen LogP contribution is -1.92. The van der Waals surface area contributed by atoms with Crippen molar-refractivity contribution in [1.29, 1.82) is 0 Å². The Morgan fingerprint density at radius 1 is 1.00 bits per heavy atom. The van der Waals surface area contributed by atoms with Crippen molar-refractivity contribution in [2.24, 2.45) is 7.05 Å².